The van der Waals surface area contributed by atoms with Crippen molar-refractivity contribution in [3.05, 3.63) is 10.5 Å². The number of rotatable bonds is 5. The van der Waals surface area contributed by atoms with Gasteiger partial charge in [0.25, 0.3) is 11.7 Å². The van der Waals surface area contributed by atoms with E-state index in [0.717, 1.165) is 31.8 Å². The quantitative estimate of drug-likeness (QED) is 0.713. The van der Waals surface area contributed by atoms with Crippen LogP contribution in [-0.4, -0.2) is 49.3 Å². The molecule has 6 heteroatoms. The Morgan fingerprint density at radius 1 is 1.17 bits per heavy atom. The van der Waals surface area contributed by atoms with E-state index in [1.54, 1.807) is 0 Å². The van der Waals surface area contributed by atoms with Gasteiger partial charge in [0, 0.05) is 13.1 Å². The molecule has 0 aromatic carbocycles. The molecule has 0 N–H and O–H groups in total. The van der Waals surface area contributed by atoms with E-state index in [-0.39, 0.29) is 0 Å². The summed E-state index contributed by atoms with van der Waals surface area (Å²) in [7, 11) is 0. The first-order valence-electron chi connectivity index (χ1n) is 9.27. The van der Waals surface area contributed by atoms with Gasteiger partial charge in [0.1, 0.15) is 0 Å². The zero-order chi connectivity index (χ0) is 16.8. The second-order valence-corrected chi connectivity index (χ2v) is 8.09. The Balaban J connectivity index is 1.42. The third-order valence-corrected chi connectivity index (χ3v) is 6.46. The molecule has 24 heavy (non-hydrogen) atoms. The smallest absolute Gasteiger partial charge is 0.272 e. The van der Waals surface area contributed by atoms with Crippen LogP contribution in [-0.2, 0) is 4.74 Å². The first-order chi connectivity index (χ1) is 11.7. The summed E-state index contributed by atoms with van der Waals surface area (Å²) in [5, 5.41) is 0.421. The molecule has 3 aliphatic rings. The highest BCUT2D eigenvalue weighted by molar-refractivity contribution is 8.16. The van der Waals surface area contributed by atoms with Crippen LogP contribution in [0.4, 0.5) is 8.78 Å². The van der Waals surface area contributed by atoms with Crippen molar-refractivity contribution < 1.29 is 13.5 Å². The molecular formula is C18H28F2N2OS. The summed E-state index contributed by atoms with van der Waals surface area (Å²) in [6, 6.07) is 0. The maximum Gasteiger partial charge on any atom is 0.272 e. The van der Waals surface area contributed by atoms with Crippen LogP contribution < -0.4 is 0 Å². The average Bonchev–Trinajstić information content (AvgIpc) is 2.81. The highest BCUT2D eigenvalue weighted by Gasteiger charge is 2.23. The van der Waals surface area contributed by atoms with Gasteiger partial charge in [-0.15, -0.1) is 0 Å². The Labute approximate surface area is 147 Å². The first kappa shape index (κ1) is 18.2. The van der Waals surface area contributed by atoms with E-state index in [1.807, 2.05) is 0 Å². The molecule has 0 amide bonds. The number of alkyl halides is 2. The van der Waals surface area contributed by atoms with Crippen LogP contribution in [0.5, 0.6) is 0 Å². The van der Waals surface area contributed by atoms with E-state index in [1.165, 1.54) is 67.3 Å². The van der Waals surface area contributed by atoms with Gasteiger partial charge in [-0.3, -0.25) is 0 Å². The van der Waals surface area contributed by atoms with Gasteiger partial charge < -0.3 is 9.64 Å². The number of ether oxygens (including phenoxy) is 1. The van der Waals surface area contributed by atoms with Crippen LogP contribution in [0.3, 0.4) is 0 Å². The molecule has 0 bridgehead atoms. The van der Waals surface area contributed by atoms with Gasteiger partial charge in [-0.2, -0.15) is 0 Å². The lowest BCUT2D eigenvalue weighted by Gasteiger charge is -2.26. The van der Waals surface area contributed by atoms with Crippen molar-refractivity contribution >= 4 is 17.0 Å². The van der Waals surface area contributed by atoms with Crippen LogP contribution in [0.2, 0.25) is 0 Å². The van der Waals surface area contributed by atoms with Gasteiger partial charge in [-0.25, -0.2) is 13.8 Å². The van der Waals surface area contributed by atoms with Crippen molar-refractivity contribution in [3.8, 4) is 0 Å². The highest BCUT2D eigenvalue weighted by Crippen LogP contribution is 2.34. The summed E-state index contributed by atoms with van der Waals surface area (Å²) in [5.74, 6) is 0.927. The zero-order valence-electron chi connectivity index (χ0n) is 14.3. The van der Waals surface area contributed by atoms with Crippen molar-refractivity contribution in [2.75, 3.05) is 32.8 Å². The molecule has 1 fully saturated rings. The van der Waals surface area contributed by atoms with E-state index in [9.17, 15) is 8.78 Å². The normalized spacial score (nSPS) is 23.9. The van der Waals surface area contributed by atoms with Gasteiger partial charge in [0.15, 0.2) is 6.61 Å². The predicted octanol–water partition coefficient (Wildman–Crippen LogP) is 4.69. The van der Waals surface area contributed by atoms with E-state index in [2.05, 4.69) is 9.89 Å². The summed E-state index contributed by atoms with van der Waals surface area (Å²) in [4.78, 5) is 8.20. The van der Waals surface area contributed by atoms with Crippen LogP contribution in [0.25, 0.3) is 0 Å². The van der Waals surface area contributed by atoms with Crippen molar-refractivity contribution in [3.63, 3.8) is 0 Å². The second kappa shape index (κ2) is 9.18. The Hall–Kier alpha value is -0.620. The van der Waals surface area contributed by atoms with Crippen LogP contribution >= 0.6 is 11.8 Å². The average molecular weight is 358 g/mol. The minimum Gasteiger partial charge on any atom is -0.467 e. The Kier molecular flexibility index (Phi) is 6.95. The number of nitrogens with zero attached hydrogens (tertiary/aromatic N) is 2. The number of halogens is 2. The number of hydrogen-bond acceptors (Lipinski definition) is 4. The van der Waals surface area contributed by atoms with Crippen LogP contribution in [0.15, 0.2) is 15.5 Å². The number of aliphatic imine (C=N–C) groups is 1. The topological polar surface area (TPSA) is 24.8 Å². The first-order valence-corrected chi connectivity index (χ1v) is 10.1. The SMILES string of the molecule is FC(F)COC1=NCC2=C(CCN(CCC3CCCCC3)CC2)S1. The largest absolute Gasteiger partial charge is 0.467 e. The molecule has 0 aromatic rings. The summed E-state index contributed by atoms with van der Waals surface area (Å²) in [6.07, 6.45) is 8.02. The zero-order valence-corrected chi connectivity index (χ0v) is 15.1. The third-order valence-electron chi connectivity index (χ3n) is 5.30. The fourth-order valence-electron chi connectivity index (χ4n) is 3.84. The highest BCUT2D eigenvalue weighted by atomic mass is 32.2. The molecule has 1 saturated carbocycles. The van der Waals surface area contributed by atoms with Gasteiger partial charge >= 0.3 is 0 Å². The minimum absolute atomic E-state index is 0.421. The van der Waals surface area contributed by atoms with Gasteiger partial charge in [0.05, 0.1) is 6.54 Å². The molecule has 0 saturated heterocycles. The number of thioether (sulfide) groups is 1. The van der Waals surface area contributed by atoms with Crippen molar-refractivity contribution in [2.24, 2.45) is 10.9 Å². The Morgan fingerprint density at radius 3 is 2.75 bits per heavy atom. The van der Waals surface area contributed by atoms with E-state index in [4.69, 9.17) is 4.74 Å². The molecule has 0 spiro atoms. The molecule has 136 valence electrons. The molecule has 3 rings (SSSR count). The second-order valence-electron chi connectivity index (χ2n) is 7.05. The van der Waals surface area contributed by atoms with E-state index >= 15 is 0 Å². The van der Waals surface area contributed by atoms with Crippen LogP contribution in [0.1, 0.15) is 51.4 Å². The maximum absolute atomic E-state index is 12.3. The van der Waals surface area contributed by atoms with Gasteiger partial charge in [-0.05, 0) is 54.0 Å². The lowest BCUT2D eigenvalue weighted by Crippen LogP contribution is -2.28. The molecule has 0 radical (unpaired) electrons. The monoisotopic (exact) mass is 358 g/mol. The Morgan fingerprint density at radius 2 is 1.96 bits per heavy atom. The lowest BCUT2D eigenvalue weighted by atomic mass is 9.87. The number of hydrogen-bond donors (Lipinski definition) is 0. The minimum atomic E-state index is -2.44. The molecule has 2 aliphatic heterocycles. The molecule has 0 unspecified atom stereocenters. The maximum atomic E-state index is 12.3. The predicted molar refractivity (Wildman–Crippen MR) is 95.7 cm³/mol. The summed E-state index contributed by atoms with van der Waals surface area (Å²) in [5.41, 5.74) is 1.38. The van der Waals surface area contributed by atoms with Crippen molar-refractivity contribution in [1.29, 1.82) is 0 Å². The molecule has 0 atom stereocenters. The van der Waals surface area contributed by atoms with Gasteiger partial charge in [-0.1, -0.05) is 32.1 Å². The lowest BCUT2D eigenvalue weighted by molar-refractivity contribution is 0.0784. The summed E-state index contributed by atoms with van der Waals surface area (Å²) >= 11 is 1.47. The molecule has 1 aliphatic carbocycles. The van der Waals surface area contributed by atoms with Gasteiger partial charge in [0.2, 0.25) is 0 Å². The molecule has 3 nitrogen and oxygen atoms in total. The summed E-state index contributed by atoms with van der Waals surface area (Å²) < 4.78 is 29.6. The van der Waals surface area contributed by atoms with Crippen molar-refractivity contribution in [2.45, 2.75) is 57.8 Å². The van der Waals surface area contributed by atoms with Crippen molar-refractivity contribution in [1.82, 2.24) is 4.90 Å². The molecule has 0 aromatic heterocycles. The fourth-order valence-corrected chi connectivity index (χ4v) is 4.81. The van der Waals surface area contributed by atoms with E-state index < -0.39 is 13.0 Å². The molecular weight excluding hydrogens is 330 g/mol. The summed E-state index contributed by atoms with van der Waals surface area (Å²) in [6.45, 7) is 3.44. The standard InChI is InChI=1S/C18H28F2N2OS/c19-17(20)13-23-18-21-12-15-7-10-22(11-8-16(15)24-18)9-6-14-4-2-1-3-5-14/h14,17H,1-13H2. The van der Waals surface area contributed by atoms with Crippen LogP contribution in [0, 0.1) is 5.92 Å². The molecule has 2 heterocycles. The third kappa shape index (κ3) is 5.45. The van der Waals surface area contributed by atoms with E-state index in [0.29, 0.717) is 11.8 Å². The fraction of sp³-hybridized carbons (Fsp3) is 0.833. The Bertz CT molecular complexity index is 476.